The zero-order valence-corrected chi connectivity index (χ0v) is 6.54. The maximum absolute atomic E-state index is 4.14. The lowest BCUT2D eigenvalue weighted by atomic mass is 9.98. The SMILES string of the molecule is C[C@@H]1CNC[C@H]1c1ncn[nH]1. The molecule has 1 aromatic heterocycles. The first-order valence-corrected chi connectivity index (χ1v) is 3.94. The van der Waals surface area contributed by atoms with Crippen LogP contribution in [0.4, 0.5) is 0 Å². The molecule has 2 N–H and O–H groups in total. The molecule has 0 unspecified atom stereocenters. The molecule has 4 nitrogen and oxygen atoms in total. The van der Waals surface area contributed by atoms with E-state index in [1.54, 1.807) is 6.33 Å². The van der Waals surface area contributed by atoms with Crippen LogP contribution in [0, 0.1) is 5.92 Å². The van der Waals surface area contributed by atoms with E-state index in [0.717, 1.165) is 18.9 Å². The van der Waals surface area contributed by atoms with E-state index in [9.17, 15) is 0 Å². The zero-order chi connectivity index (χ0) is 7.68. The standard InChI is InChI=1S/C7H12N4/c1-5-2-8-3-6(5)7-9-4-10-11-7/h4-6,8H,2-3H2,1H3,(H,9,10,11)/t5-,6-/m1/s1. The summed E-state index contributed by atoms with van der Waals surface area (Å²) in [5.74, 6) is 2.21. The van der Waals surface area contributed by atoms with E-state index < -0.39 is 0 Å². The van der Waals surface area contributed by atoms with E-state index in [-0.39, 0.29) is 0 Å². The van der Waals surface area contributed by atoms with E-state index in [4.69, 9.17) is 0 Å². The second-order valence-electron chi connectivity index (χ2n) is 3.11. The van der Waals surface area contributed by atoms with E-state index in [2.05, 4.69) is 27.4 Å². The number of aromatic nitrogens is 3. The predicted octanol–water partition coefficient (Wildman–Crippen LogP) is 0.128. The van der Waals surface area contributed by atoms with Gasteiger partial charge in [0, 0.05) is 12.5 Å². The van der Waals surface area contributed by atoms with Crippen molar-refractivity contribution in [1.29, 1.82) is 0 Å². The van der Waals surface area contributed by atoms with Gasteiger partial charge in [0.25, 0.3) is 0 Å². The molecule has 1 aliphatic rings. The van der Waals surface area contributed by atoms with Crippen LogP contribution in [0.5, 0.6) is 0 Å². The van der Waals surface area contributed by atoms with Crippen molar-refractivity contribution in [2.24, 2.45) is 5.92 Å². The van der Waals surface area contributed by atoms with Gasteiger partial charge in [0.15, 0.2) is 0 Å². The Labute approximate surface area is 65.4 Å². The highest BCUT2D eigenvalue weighted by Gasteiger charge is 2.26. The van der Waals surface area contributed by atoms with E-state index in [1.165, 1.54) is 0 Å². The number of nitrogens with zero attached hydrogens (tertiary/aromatic N) is 2. The third kappa shape index (κ3) is 1.14. The van der Waals surface area contributed by atoms with Gasteiger partial charge >= 0.3 is 0 Å². The highest BCUT2D eigenvalue weighted by Crippen LogP contribution is 2.23. The molecule has 1 saturated heterocycles. The summed E-state index contributed by atoms with van der Waals surface area (Å²) in [6.07, 6.45) is 1.57. The molecule has 2 heterocycles. The minimum absolute atomic E-state index is 0.525. The molecular weight excluding hydrogens is 140 g/mol. The molecule has 11 heavy (non-hydrogen) atoms. The molecule has 0 radical (unpaired) electrons. The highest BCUT2D eigenvalue weighted by molar-refractivity contribution is 5.00. The van der Waals surface area contributed by atoms with Gasteiger partial charge in [-0.05, 0) is 12.5 Å². The van der Waals surface area contributed by atoms with Crippen molar-refractivity contribution in [1.82, 2.24) is 20.5 Å². The van der Waals surface area contributed by atoms with Crippen molar-refractivity contribution in [2.75, 3.05) is 13.1 Å². The topological polar surface area (TPSA) is 53.6 Å². The molecule has 1 aliphatic heterocycles. The summed E-state index contributed by atoms with van der Waals surface area (Å²) in [5, 5.41) is 10.1. The van der Waals surface area contributed by atoms with Crippen molar-refractivity contribution < 1.29 is 0 Å². The molecule has 0 amide bonds. The first-order chi connectivity index (χ1) is 5.38. The van der Waals surface area contributed by atoms with Gasteiger partial charge in [-0.25, -0.2) is 4.98 Å². The molecule has 0 bridgehead atoms. The van der Waals surface area contributed by atoms with E-state index in [0.29, 0.717) is 11.8 Å². The third-order valence-corrected chi connectivity index (χ3v) is 2.30. The minimum atomic E-state index is 0.525. The summed E-state index contributed by atoms with van der Waals surface area (Å²) in [5.41, 5.74) is 0. The van der Waals surface area contributed by atoms with Crippen LogP contribution in [0.1, 0.15) is 18.7 Å². The normalized spacial score (nSPS) is 31.0. The number of rotatable bonds is 1. The van der Waals surface area contributed by atoms with Gasteiger partial charge in [0.2, 0.25) is 0 Å². The minimum Gasteiger partial charge on any atom is -0.316 e. The maximum Gasteiger partial charge on any atom is 0.137 e. The molecule has 0 aromatic carbocycles. The molecule has 4 heteroatoms. The second kappa shape index (κ2) is 2.62. The van der Waals surface area contributed by atoms with Crippen LogP contribution in [-0.4, -0.2) is 28.3 Å². The van der Waals surface area contributed by atoms with Crippen molar-refractivity contribution >= 4 is 0 Å². The number of H-pyrrole nitrogens is 1. The number of aromatic amines is 1. The summed E-state index contributed by atoms with van der Waals surface area (Å²) >= 11 is 0. The fraction of sp³-hybridized carbons (Fsp3) is 0.714. The molecule has 0 spiro atoms. The Morgan fingerprint density at radius 2 is 2.45 bits per heavy atom. The first kappa shape index (κ1) is 6.79. The fourth-order valence-corrected chi connectivity index (χ4v) is 1.57. The van der Waals surface area contributed by atoms with Gasteiger partial charge in [0.05, 0.1) is 0 Å². The third-order valence-electron chi connectivity index (χ3n) is 2.30. The van der Waals surface area contributed by atoms with Crippen LogP contribution in [0.15, 0.2) is 6.33 Å². The zero-order valence-electron chi connectivity index (χ0n) is 6.54. The summed E-state index contributed by atoms with van der Waals surface area (Å²) in [4.78, 5) is 4.14. The lowest BCUT2D eigenvalue weighted by molar-refractivity contribution is 0.547. The Balaban J connectivity index is 2.16. The van der Waals surface area contributed by atoms with E-state index >= 15 is 0 Å². The van der Waals surface area contributed by atoms with Crippen molar-refractivity contribution in [2.45, 2.75) is 12.8 Å². The molecule has 0 saturated carbocycles. The average molecular weight is 152 g/mol. The molecular formula is C7H12N4. The quantitative estimate of drug-likeness (QED) is 0.601. The molecule has 0 aliphatic carbocycles. The lowest BCUT2D eigenvalue weighted by Crippen LogP contribution is -2.09. The van der Waals surface area contributed by atoms with Crippen molar-refractivity contribution in [3.05, 3.63) is 12.2 Å². The molecule has 1 fully saturated rings. The highest BCUT2D eigenvalue weighted by atomic mass is 15.2. The van der Waals surface area contributed by atoms with Crippen LogP contribution >= 0.6 is 0 Å². The Hall–Kier alpha value is -0.900. The number of nitrogens with one attached hydrogen (secondary N) is 2. The van der Waals surface area contributed by atoms with Crippen molar-refractivity contribution in [3.8, 4) is 0 Å². The Morgan fingerprint density at radius 1 is 1.55 bits per heavy atom. The summed E-state index contributed by atoms with van der Waals surface area (Å²) < 4.78 is 0. The lowest BCUT2D eigenvalue weighted by Gasteiger charge is -2.08. The summed E-state index contributed by atoms with van der Waals surface area (Å²) in [7, 11) is 0. The predicted molar refractivity (Wildman–Crippen MR) is 41.2 cm³/mol. The van der Waals surface area contributed by atoms with Gasteiger partial charge in [-0.2, -0.15) is 5.10 Å². The van der Waals surface area contributed by atoms with Gasteiger partial charge in [0.1, 0.15) is 12.2 Å². The van der Waals surface area contributed by atoms with Crippen molar-refractivity contribution in [3.63, 3.8) is 0 Å². The van der Waals surface area contributed by atoms with Gasteiger partial charge in [-0.3, -0.25) is 5.10 Å². The molecule has 2 atom stereocenters. The van der Waals surface area contributed by atoms with Crippen LogP contribution in [0.2, 0.25) is 0 Å². The number of hydrogen-bond donors (Lipinski definition) is 2. The summed E-state index contributed by atoms with van der Waals surface area (Å²) in [6, 6.07) is 0. The molecule has 60 valence electrons. The van der Waals surface area contributed by atoms with Crippen LogP contribution < -0.4 is 5.32 Å². The van der Waals surface area contributed by atoms with Gasteiger partial charge < -0.3 is 5.32 Å². The largest absolute Gasteiger partial charge is 0.316 e. The Kier molecular flexibility index (Phi) is 1.62. The maximum atomic E-state index is 4.14. The smallest absolute Gasteiger partial charge is 0.137 e. The van der Waals surface area contributed by atoms with E-state index in [1.807, 2.05) is 0 Å². The monoisotopic (exact) mass is 152 g/mol. The summed E-state index contributed by atoms with van der Waals surface area (Å²) in [6.45, 7) is 4.34. The van der Waals surface area contributed by atoms with Gasteiger partial charge in [-0.15, -0.1) is 0 Å². The van der Waals surface area contributed by atoms with Gasteiger partial charge in [-0.1, -0.05) is 6.92 Å². The Bertz CT molecular complexity index is 218. The molecule has 1 aromatic rings. The first-order valence-electron chi connectivity index (χ1n) is 3.94. The molecule has 2 rings (SSSR count). The van der Waals surface area contributed by atoms with Crippen LogP contribution in [0.3, 0.4) is 0 Å². The Morgan fingerprint density at radius 3 is 3.00 bits per heavy atom. The van der Waals surface area contributed by atoms with Crippen LogP contribution in [0.25, 0.3) is 0 Å². The fourth-order valence-electron chi connectivity index (χ4n) is 1.57. The number of hydrogen-bond acceptors (Lipinski definition) is 3. The van der Waals surface area contributed by atoms with Crippen LogP contribution in [-0.2, 0) is 0 Å². The average Bonchev–Trinajstić information content (AvgIpc) is 2.55. The second-order valence-corrected chi connectivity index (χ2v) is 3.11.